The highest BCUT2D eigenvalue weighted by molar-refractivity contribution is 7.91. The molecule has 2 aromatic rings. The minimum Gasteiger partial charge on any atom is -0.467 e. The zero-order chi connectivity index (χ0) is 21.7. The summed E-state index contributed by atoms with van der Waals surface area (Å²) in [6, 6.07) is 5.34. The molecule has 12 nitrogen and oxygen atoms in total. The van der Waals surface area contributed by atoms with Crippen LogP contribution in [0, 0.1) is 6.92 Å². The highest BCUT2D eigenvalue weighted by Crippen LogP contribution is 2.31. The number of para-hydroxylation sites is 1. The molecule has 0 fully saturated rings. The number of urea groups is 1. The van der Waals surface area contributed by atoms with Crippen molar-refractivity contribution in [3.8, 4) is 6.01 Å². The summed E-state index contributed by atoms with van der Waals surface area (Å²) < 4.78 is 44.4. The molecule has 0 aliphatic rings. The molecule has 1 heterocycles. The van der Waals surface area contributed by atoms with Gasteiger partial charge in [-0.05, 0) is 19.9 Å². The lowest BCUT2D eigenvalue weighted by molar-refractivity contribution is -0.201. The van der Waals surface area contributed by atoms with Gasteiger partial charge in [0.1, 0.15) is 5.82 Å². The summed E-state index contributed by atoms with van der Waals surface area (Å²) in [6.45, 7) is 3.18. The number of carbonyl (C=O) groups excluding carboxylic acids is 1. The van der Waals surface area contributed by atoms with Crippen molar-refractivity contribution in [2.45, 2.75) is 19.6 Å². The van der Waals surface area contributed by atoms with E-state index >= 15 is 0 Å². The van der Waals surface area contributed by atoms with Gasteiger partial charge in [-0.1, -0.05) is 18.2 Å². The molecule has 13 heteroatoms. The molecule has 29 heavy (non-hydrogen) atoms. The second-order valence-electron chi connectivity index (χ2n) is 5.75. The van der Waals surface area contributed by atoms with E-state index in [1.165, 1.54) is 27.4 Å². The van der Waals surface area contributed by atoms with Crippen LogP contribution < -0.4 is 19.5 Å². The summed E-state index contributed by atoms with van der Waals surface area (Å²) in [5, 5.41) is 2.21. The molecule has 0 radical (unpaired) electrons. The lowest BCUT2D eigenvalue weighted by atomic mass is 10.1. The standard InChI is InChI=1S/C16H22N6O6S/c1-10-17-13(20-15(18-10)26-3)19-14(23)22-29(24,25)21-12-9-7-6-8-11(12)16(2,27-4)28-5/h6-9,21H,1-5H3,(H2,17,18,19,20,22,23). The number of hydrogen-bond donors (Lipinski definition) is 3. The molecule has 0 spiro atoms. The van der Waals surface area contributed by atoms with Gasteiger partial charge in [-0.15, -0.1) is 0 Å². The lowest BCUT2D eigenvalue weighted by Gasteiger charge is -2.29. The molecule has 0 aliphatic carbocycles. The fraction of sp³-hybridized carbons (Fsp3) is 0.375. The summed E-state index contributed by atoms with van der Waals surface area (Å²) in [6.07, 6.45) is 0. The van der Waals surface area contributed by atoms with Crippen LogP contribution in [0.2, 0.25) is 0 Å². The second-order valence-corrected chi connectivity index (χ2v) is 7.17. The highest BCUT2D eigenvalue weighted by Gasteiger charge is 2.30. The first-order chi connectivity index (χ1) is 13.6. The smallest absolute Gasteiger partial charge is 0.336 e. The zero-order valence-electron chi connectivity index (χ0n) is 16.5. The third kappa shape index (κ3) is 5.73. The van der Waals surface area contributed by atoms with Gasteiger partial charge < -0.3 is 14.2 Å². The van der Waals surface area contributed by atoms with Crippen molar-refractivity contribution in [3.05, 3.63) is 35.7 Å². The number of amides is 2. The maximum absolute atomic E-state index is 12.4. The quantitative estimate of drug-likeness (QED) is 0.527. The van der Waals surface area contributed by atoms with Crippen molar-refractivity contribution in [1.29, 1.82) is 0 Å². The van der Waals surface area contributed by atoms with Crippen molar-refractivity contribution < 1.29 is 27.4 Å². The van der Waals surface area contributed by atoms with Gasteiger partial charge in [0.05, 0.1) is 12.8 Å². The molecule has 0 saturated carbocycles. The zero-order valence-corrected chi connectivity index (χ0v) is 17.3. The van der Waals surface area contributed by atoms with Crippen molar-refractivity contribution >= 4 is 27.9 Å². The molecule has 0 bridgehead atoms. The van der Waals surface area contributed by atoms with E-state index in [0.717, 1.165) is 0 Å². The Bertz CT molecular complexity index is 980. The van der Waals surface area contributed by atoms with Gasteiger partial charge in [-0.25, -0.2) is 9.52 Å². The number of nitrogens with one attached hydrogen (secondary N) is 3. The normalized spacial score (nSPS) is 11.6. The van der Waals surface area contributed by atoms with E-state index in [-0.39, 0.29) is 23.5 Å². The van der Waals surface area contributed by atoms with Gasteiger partial charge in [0.2, 0.25) is 5.95 Å². The summed E-state index contributed by atoms with van der Waals surface area (Å²) in [4.78, 5) is 23.7. The number of ether oxygens (including phenoxy) is 3. The van der Waals surface area contributed by atoms with E-state index in [2.05, 4.69) is 25.0 Å². The van der Waals surface area contributed by atoms with E-state index in [4.69, 9.17) is 14.2 Å². The fourth-order valence-electron chi connectivity index (χ4n) is 2.30. The van der Waals surface area contributed by atoms with Gasteiger partial charge >= 0.3 is 22.3 Å². The topological polar surface area (TPSA) is 154 Å². The Labute approximate surface area is 168 Å². The van der Waals surface area contributed by atoms with Gasteiger partial charge in [0.25, 0.3) is 0 Å². The molecular formula is C16H22N6O6S. The van der Waals surface area contributed by atoms with E-state index in [1.54, 1.807) is 32.0 Å². The number of carbonyl (C=O) groups is 1. The predicted octanol–water partition coefficient (Wildman–Crippen LogP) is 1.13. The monoisotopic (exact) mass is 426 g/mol. The third-order valence-corrected chi connectivity index (χ3v) is 4.74. The molecule has 158 valence electrons. The summed E-state index contributed by atoms with van der Waals surface area (Å²) in [5.41, 5.74) is 0.574. The molecule has 3 N–H and O–H groups in total. The van der Waals surface area contributed by atoms with Crippen LogP contribution in [0.25, 0.3) is 0 Å². The second kappa shape index (κ2) is 8.98. The molecule has 1 aromatic heterocycles. The van der Waals surface area contributed by atoms with Gasteiger partial charge in [0, 0.05) is 19.8 Å². The molecule has 0 unspecified atom stereocenters. The number of methoxy groups -OCH3 is 3. The lowest BCUT2D eigenvalue weighted by Crippen LogP contribution is -2.39. The first-order valence-corrected chi connectivity index (χ1v) is 9.68. The van der Waals surface area contributed by atoms with Crippen molar-refractivity contribution in [3.63, 3.8) is 0 Å². The number of aromatic nitrogens is 3. The van der Waals surface area contributed by atoms with Crippen molar-refractivity contribution in [1.82, 2.24) is 19.7 Å². The highest BCUT2D eigenvalue weighted by atomic mass is 32.2. The first kappa shape index (κ1) is 22.3. The van der Waals surface area contributed by atoms with Crippen molar-refractivity contribution in [2.75, 3.05) is 31.4 Å². The van der Waals surface area contributed by atoms with Crippen LogP contribution in [0.4, 0.5) is 16.4 Å². The largest absolute Gasteiger partial charge is 0.467 e. The van der Waals surface area contributed by atoms with Crippen molar-refractivity contribution in [2.24, 2.45) is 0 Å². The fourth-order valence-corrected chi connectivity index (χ4v) is 3.11. The SMILES string of the molecule is COc1nc(C)nc(NC(=O)NS(=O)(=O)Nc2ccccc2C(C)(OC)OC)n1. The van der Waals surface area contributed by atoms with E-state index < -0.39 is 22.0 Å². The van der Waals surface area contributed by atoms with Crippen LogP contribution in [-0.2, 0) is 25.5 Å². The van der Waals surface area contributed by atoms with E-state index in [1.807, 2.05) is 4.72 Å². The van der Waals surface area contributed by atoms with E-state index in [0.29, 0.717) is 5.56 Å². The minimum absolute atomic E-state index is 0.0267. The van der Waals surface area contributed by atoms with Crippen LogP contribution in [0.1, 0.15) is 18.3 Å². The molecule has 0 aliphatic heterocycles. The Kier molecular flexibility index (Phi) is 6.89. The predicted molar refractivity (Wildman–Crippen MR) is 104 cm³/mol. The van der Waals surface area contributed by atoms with Crippen LogP contribution in [0.15, 0.2) is 24.3 Å². The molecule has 0 atom stereocenters. The molecule has 2 rings (SSSR count). The summed E-state index contributed by atoms with van der Waals surface area (Å²) in [5.74, 6) is -1.10. The Balaban J connectivity index is 2.17. The van der Waals surface area contributed by atoms with Gasteiger partial charge in [-0.3, -0.25) is 10.0 Å². The Morgan fingerprint density at radius 3 is 2.34 bits per heavy atom. The molecule has 2 amide bonds. The van der Waals surface area contributed by atoms with Crippen LogP contribution in [0.3, 0.4) is 0 Å². The van der Waals surface area contributed by atoms with Gasteiger partial charge in [0.15, 0.2) is 5.79 Å². The maximum Gasteiger partial charge on any atom is 0.336 e. The number of aryl methyl sites for hydroxylation is 1. The van der Waals surface area contributed by atoms with Crippen LogP contribution in [0.5, 0.6) is 6.01 Å². The van der Waals surface area contributed by atoms with E-state index in [9.17, 15) is 13.2 Å². The molecule has 0 saturated heterocycles. The Morgan fingerprint density at radius 2 is 1.72 bits per heavy atom. The third-order valence-electron chi connectivity index (χ3n) is 3.80. The Hall–Kier alpha value is -3.03. The number of nitrogens with zero attached hydrogens (tertiary/aromatic N) is 3. The average molecular weight is 426 g/mol. The van der Waals surface area contributed by atoms with Crippen LogP contribution in [-0.4, -0.2) is 50.7 Å². The summed E-state index contributed by atoms with van der Waals surface area (Å²) in [7, 11) is -0.115. The van der Waals surface area contributed by atoms with Crippen LogP contribution >= 0.6 is 0 Å². The average Bonchev–Trinajstić information content (AvgIpc) is 2.66. The molecule has 1 aromatic carbocycles. The van der Waals surface area contributed by atoms with Gasteiger partial charge in [-0.2, -0.15) is 23.4 Å². The maximum atomic E-state index is 12.4. The molecular weight excluding hydrogens is 404 g/mol. The Morgan fingerprint density at radius 1 is 1.07 bits per heavy atom. The first-order valence-electron chi connectivity index (χ1n) is 8.20. The summed E-state index contributed by atoms with van der Waals surface area (Å²) >= 11 is 0. The number of benzene rings is 1. The number of anilines is 2. The number of hydrogen-bond acceptors (Lipinski definition) is 9. The number of rotatable bonds is 8. The minimum atomic E-state index is -4.30.